The standard InChI is InChI=1S/C18H17F3N4O5/c19-18(20,21)13-3-1-12(2-4-13)10-29-16(26)23-7-5-17(6-8-23)11-24-9-14(25(27)28)22-15(24)30-17/h1-4,9H,5-8,10-11H2. The second kappa shape index (κ2) is 7.18. The van der Waals surface area contributed by atoms with Crippen LogP contribution in [0, 0.1) is 10.1 Å². The fourth-order valence-electron chi connectivity index (χ4n) is 3.59. The van der Waals surface area contributed by atoms with Gasteiger partial charge in [-0.2, -0.15) is 13.2 Å². The van der Waals surface area contributed by atoms with Crippen LogP contribution < -0.4 is 4.74 Å². The summed E-state index contributed by atoms with van der Waals surface area (Å²) in [6, 6.07) is 4.63. The first-order chi connectivity index (χ1) is 14.2. The minimum Gasteiger partial charge on any atom is -0.445 e. The lowest BCUT2D eigenvalue weighted by Crippen LogP contribution is -2.49. The van der Waals surface area contributed by atoms with Crippen molar-refractivity contribution in [2.75, 3.05) is 13.1 Å². The number of imidazole rings is 1. The number of hydrogen-bond acceptors (Lipinski definition) is 6. The zero-order valence-corrected chi connectivity index (χ0v) is 15.6. The van der Waals surface area contributed by atoms with Crippen LogP contribution in [0.25, 0.3) is 0 Å². The van der Waals surface area contributed by atoms with Crippen molar-refractivity contribution < 1.29 is 32.4 Å². The summed E-state index contributed by atoms with van der Waals surface area (Å²) >= 11 is 0. The second-order valence-corrected chi connectivity index (χ2v) is 7.29. The molecule has 9 nitrogen and oxygen atoms in total. The van der Waals surface area contributed by atoms with Crippen molar-refractivity contribution in [3.8, 4) is 6.01 Å². The highest BCUT2D eigenvalue weighted by molar-refractivity contribution is 5.67. The van der Waals surface area contributed by atoms with Crippen LogP contribution in [0.4, 0.5) is 23.8 Å². The van der Waals surface area contributed by atoms with Gasteiger partial charge in [-0.05, 0) is 22.6 Å². The Hall–Kier alpha value is -3.31. The number of benzene rings is 1. The van der Waals surface area contributed by atoms with Crippen molar-refractivity contribution >= 4 is 11.9 Å². The number of nitrogens with zero attached hydrogens (tertiary/aromatic N) is 4. The van der Waals surface area contributed by atoms with Gasteiger partial charge in [0, 0.05) is 30.9 Å². The Morgan fingerprint density at radius 3 is 2.50 bits per heavy atom. The van der Waals surface area contributed by atoms with Gasteiger partial charge in [-0.15, -0.1) is 0 Å². The zero-order valence-electron chi connectivity index (χ0n) is 15.6. The topological polar surface area (TPSA) is 99.7 Å². The van der Waals surface area contributed by atoms with Crippen molar-refractivity contribution in [1.82, 2.24) is 14.5 Å². The fourth-order valence-corrected chi connectivity index (χ4v) is 3.59. The molecule has 160 valence electrons. The number of carbonyl (C=O) groups is 1. The lowest BCUT2D eigenvalue weighted by atomic mass is 9.91. The van der Waals surface area contributed by atoms with E-state index in [4.69, 9.17) is 9.47 Å². The Kier molecular flexibility index (Phi) is 4.79. The molecule has 1 aromatic carbocycles. The average Bonchev–Trinajstić information content (AvgIpc) is 3.22. The summed E-state index contributed by atoms with van der Waals surface area (Å²) in [5.41, 5.74) is -0.876. The predicted octanol–water partition coefficient (Wildman–Crippen LogP) is 3.37. The van der Waals surface area contributed by atoms with Gasteiger partial charge >= 0.3 is 24.1 Å². The summed E-state index contributed by atoms with van der Waals surface area (Å²) in [6.07, 6.45) is -2.65. The molecule has 0 aliphatic carbocycles. The highest BCUT2D eigenvalue weighted by atomic mass is 19.4. The van der Waals surface area contributed by atoms with E-state index in [-0.39, 0.29) is 18.4 Å². The lowest BCUT2D eigenvalue weighted by molar-refractivity contribution is -0.389. The number of halogens is 3. The maximum absolute atomic E-state index is 12.6. The summed E-state index contributed by atoms with van der Waals surface area (Å²) in [5.74, 6) is -0.274. The number of rotatable bonds is 3. The molecular weight excluding hydrogens is 409 g/mol. The molecule has 2 aliphatic rings. The van der Waals surface area contributed by atoms with Crippen molar-refractivity contribution in [2.24, 2.45) is 0 Å². The largest absolute Gasteiger partial charge is 0.445 e. The smallest absolute Gasteiger partial charge is 0.416 e. The number of fused-ring (bicyclic) bond motifs is 1. The Balaban J connectivity index is 1.27. The molecule has 0 bridgehead atoms. The SMILES string of the molecule is O=C(OCc1ccc(C(F)(F)F)cc1)N1CCC2(CC1)Cn1cc([N+](=O)[O-])nc1O2. The van der Waals surface area contributed by atoms with Gasteiger partial charge in [-0.1, -0.05) is 12.1 Å². The van der Waals surface area contributed by atoms with E-state index < -0.39 is 28.4 Å². The average molecular weight is 426 g/mol. The number of carbonyl (C=O) groups excluding carboxylic acids is 1. The summed E-state index contributed by atoms with van der Waals surface area (Å²) in [5, 5.41) is 10.8. The van der Waals surface area contributed by atoms with Gasteiger partial charge in [0.15, 0.2) is 0 Å². The van der Waals surface area contributed by atoms with Gasteiger partial charge in [0.2, 0.25) is 0 Å². The van der Waals surface area contributed by atoms with Gasteiger partial charge in [0.1, 0.15) is 18.4 Å². The highest BCUT2D eigenvalue weighted by Crippen LogP contribution is 2.37. The first-order valence-electron chi connectivity index (χ1n) is 9.14. The molecule has 1 fully saturated rings. The van der Waals surface area contributed by atoms with Crippen LogP contribution in [-0.2, 0) is 24.1 Å². The third-order valence-electron chi connectivity index (χ3n) is 5.26. The molecule has 3 heterocycles. The summed E-state index contributed by atoms with van der Waals surface area (Å²) in [7, 11) is 0. The quantitative estimate of drug-likeness (QED) is 0.551. The highest BCUT2D eigenvalue weighted by Gasteiger charge is 2.46. The molecule has 0 atom stereocenters. The minimum absolute atomic E-state index is 0.131. The number of ether oxygens (including phenoxy) is 2. The van der Waals surface area contributed by atoms with E-state index in [1.54, 1.807) is 4.57 Å². The number of amides is 1. The number of nitro groups is 1. The lowest BCUT2D eigenvalue weighted by Gasteiger charge is -2.36. The molecule has 2 aliphatic heterocycles. The molecule has 1 amide bonds. The van der Waals surface area contributed by atoms with Crippen molar-refractivity contribution in [2.45, 2.75) is 37.8 Å². The molecule has 0 saturated carbocycles. The van der Waals surface area contributed by atoms with Crippen molar-refractivity contribution in [1.29, 1.82) is 0 Å². The molecule has 12 heteroatoms. The van der Waals surface area contributed by atoms with E-state index in [0.717, 1.165) is 12.1 Å². The van der Waals surface area contributed by atoms with E-state index >= 15 is 0 Å². The Morgan fingerprint density at radius 2 is 1.93 bits per heavy atom. The van der Waals surface area contributed by atoms with E-state index in [1.807, 2.05) is 0 Å². The van der Waals surface area contributed by atoms with Crippen LogP contribution >= 0.6 is 0 Å². The van der Waals surface area contributed by atoms with Crippen LogP contribution in [0.3, 0.4) is 0 Å². The Morgan fingerprint density at radius 1 is 1.27 bits per heavy atom. The Bertz CT molecular complexity index is 940. The maximum Gasteiger partial charge on any atom is 0.416 e. The van der Waals surface area contributed by atoms with Crippen LogP contribution in [0.1, 0.15) is 24.0 Å². The predicted molar refractivity (Wildman–Crippen MR) is 94.7 cm³/mol. The second-order valence-electron chi connectivity index (χ2n) is 7.29. The van der Waals surface area contributed by atoms with E-state index in [0.29, 0.717) is 38.0 Å². The van der Waals surface area contributed by atoms with Crippen LogP contribution in [0.5, 0.6) is 6.01 Å². The molecule has 2 aromatic rings. The Labute approximate surface area is 168 Å². The van der Waals surface area contributed by atoms with E-state index in [2.05, 4.69) is 4.98 Å². The van der Waals surface area contributed by atoms with Crippen molar-refractivity contribution in [3.05, 3.63) is 51.7 Å². The van der Waals surface area contributed by atoms with Crippen LogP contribution in [0.15, 0.2) is 30.5 Å². The zero-order chi connectivity index (χ0) is 21.5. The molecule has 4 rings (SSSR count). The third kappa shape index (κ3) is 3.89. The van der Waals surface area contributed by atoms with Crippen LogP contribution in [-0.4, -0.2) is 44.2 Å². The number of alkyl halides is 3. The van der Waals surface area contributed by atoms with E-state index in [1.165, 1.54) is 23.2 Å². The van der Waals surface area contributed by atoms with Gasteiger partial charge < -0.3 is 24.5 Å². The molecule has 0 unspecified atom stereocenters. The number of hydrogen-bond donors (Lipinski definition) is 0. The van der Waals surface area contributed by atoms with Crippen LogP contribution in [0.2, 0.25) is 0 Å². The molecular formula is C18H17F3N4O5. The first-order valence-corrected chi connectivity index (χ1v) is 9.14. The van der Waals surface area contributed by atoms with Gasteiger partial charge in [-0.3, -0.25) is 4.57 Å². The first kappa shape index (κ1) is 20.0. The number of aromatic nitrogens is 2. The molecule has 30 heavy (non-hydrogen) atoms. The van der Waals surface area contributed by atoms with Gasteiger partial charge in [0.05, 0.1) is 12.1 Å². The normalized spacial score (nSPS) is 17.5. The minimum atomic E-state index is -4.41. The molecule has 0 radical (unpaired) electrons. The molecule has 0 N–H and O–H groups in total. The van der Waals surface area contributed by atoms with Gasteiger partial charge in [0.25, 0.3) is 0 Å². The monoisotopic (exact) mass is 426 g/mol. The molecule has 1 aromatic heterocycles. The van der Waals surface area contributed by atoms with Gasteiger partial charge in [-0.25, -0.2) is 4.79 Å². The molecule has 1 spiro atoms. The summed E-state index contributed by atoms with van der Waals surface area (Å²) in [4.78, 5) is 27.8. The number of likely N-dealkylation sites (tertiary alicyclic amines) is 1. The summed E-state index contributed by atoms with van der Waals surface area (Å²) in [6.45, 7) is 1.00. The number of piperidine rings is 1. The maximum atomic E-state index is 12.6. The van der Waals surface area contributed by atoms with Crippen molar-refractivity contribution in [3.63, 3.8) is 0 Å². The summed E-state index contributed by atoms with van der Waals surface area (Å²) < 4.78 is 50.4. The third-order valence-corrected chi connectivity index (χ3v) is 5.26. The van der Waals surface area contributed by atoms with E-state index in [9.17, 15) is 28.1 Å². The fraction of sp³-hybridized carbons (Fsp3) is 0.444. The molecule has 1 saturated heterocycles.